The van der Waals surface area contributed by atoms with Crippen LogP contribution in [0.15, 0.2) is 60.7 Å². The molecular weight excluding hydrogens is 640 g/mol. The zero-order valence-electron chi connectivity index (χ0n) is 28.8. The highest BCUT2D eigenvalue weighted by molar-refractivity contribution is 5.82. The summed E-state index contributed by atoms with van der Waals surface area (Å²) < 4.78 is 23.2. The Morgan fingerprint density at radius 2 is 1.20 bits per heavy atom. The molecule has 2 aliphatic carbocycles. The lowest BCUT2D eigenvalue weighted by atomic mass is 9.92. The van der Waals surface area contributed by atoms with Gasteiger partial charge in [-0.1, -0.05) is 36.4 Å². The largest absolute Gasteiger partial charge is 0.481 e. The maximum atomic E-state index is 11.5. The van der Waals surface area contributed by atoms with E-state index in [4.69, 9.17) is 18.9 Å². The highest BCUT2D eigenvalue weighted by Gasteiger charge is 2.50. The first kappa shape index (κ1) is 35.1. The highest BCUT2D eigenvalue weighted by Crippen LogP contribution is 2.39. The Morgan fingerprint density at radius 3 is 1.60 bits per heavy atom. The SMILES string of the molecule is COc1nc(OCc2cccc(-c3cccc(COc4ccc(CNC5(C(O)O)CC5)c(OC)n4)c3C)c2C)ccc1CNC1(C(=O)O)CC1. The summed E-state index contributed by atoms with van der Waals surface area (Å²) in [6.07, 6.45) is 1.22. The molecule has 2 heterocycles. The van der Waals surface area contributed by atoms with Gasteiger partial charge in [-0.25, -0.2) is 0 Å². The van der Waals surface area contributed by atoms with Crippen molar-refractivity contribution in [1.29, 1.82) is 0 Å². The minimum absolute atomic E-state index is 0.304. The van der Waals surface area contributed by atoms with E-state index in [-0.39, 0.29) is 0 Å². The molecule has 12 heteroatoms. The summed E-state index contributed by atoms with van der Waals surface area (Å²) in [5, 5.41) is 35.1. The second kappa shape index (κ2) is 14.6. The van der Waals surface area contributed by atoms with Crippen molar-refractivity contribution in [3.05, 3.63) is 94.0 Å². The van der Waals surface area contributed by atoms with Crippen LogP contribution in [0.2, 0.25) is 0 Å². The summed E-state index contributed by atoms with van der Waals surface area (Å²) in [6.45, 7) is 5.50. The van der Waals surface area contributed by atoms with Gasteiger partial charge in [0.05, 0.1) is 19.8 Å². The van der Waals surface area contributed by atoms with E-state index in [1.54, 1.807) is 19.2 Å². The molecule has 0 unspecified atom stereocenters. The van der Waals surface area contributed by atoms with Crippen molar-refractivity contribution in [2.45, 2.75) is 83.2 Å². The zero-order valence-corrected chi connectivity index (χ0v) is 28.8. The fourth-order valence-corrected chi connectivity index (χ4v) is 6.04. The zero-order chi connectivity index (χ0) is 35.5. The Labute approximate surface area is 291 Å². The van der Waals surface area contributed by atoms with Gasteiger partial charge in [-0.2, -0.15) is 9.97 Å². The number of methoxy groups -OCH3 is 2. The number of carboxylic acid groups (broad SMARTS) is 1. The van der Waals surface area contributed by atoms with Crippen molar-refractivity contribution >= 4 is 5.97 Å². The van der Waals surface area contributed by atoms with Crippen LogP contribution in [0.25, 0.3) is 11.1 Å². The van der Waals surface area contributed by atoms with E-state index in [9.17, 15) is 20.1 Å². The lowest BCUT2D eigenvalue weighted by Gasteiger charge is -2.20. The Morgan fingerprint density at radius 1 is 0.720 bits per heavy atom. The second-order valence-corrected chi connectivity index (χ2v) is 13.0. The number of ether oxygens (including phenoxy) is 4. The first-order chi connectivity index (χ1) is 24.1. The lowest BCUT2D eigenvalue weighted by Crippen LogP contribution is -2.41. The highest BCUT2D eigenvalue weighted by atomic mass is 16.5. The Kier molecular flexibility index (Phi) is 10.3. The Balaban J connectivity index is 1.10. The minimum atomic E-state index is -1.41. The van der Waals surface area contributed by atoms with Crippen LogP contribution < -0.4 is 29.6 Å². The molecule has 6 rings (SSSR count). The fourth-order valence-electron chi connectivity index (χ4n) is 6.04. The number of nitrogens with zero attached hydrogens (tertiary/aromatic N) is 2. The lowest BCUT2D eigenvalue weighted by molar-refractivity contribution is -0.140. The van der Waals surface area contributed by atoms with Crippen LogP contribution >= 0.6 is 0 Å². The second-order valence-electron chi connectivity index (χ2n) is 13.0. The molecule has 0 atom stereocenters. The summed E-state index contributed by atoms with van der Waals surface area (Å²) in [6, 6.07) is 19.6. The molecule has 2 aliphatic rings. The van der Waals surface area contributed by atoms with Crippen molar-refractivity contribution in [3.63, 3.8) is 0 Å². The van der Waals surface area contributed by atoms with Gasteiger partial charge in [0.15, 0.2) is 6.29 Å². The topological polar surface area (TPSA) is 165 Å². The predicted octanol–water partition coefficient (Wildman–Crippen LogP) is 4.58. The van der Waals surface area contributed by atoms with Crippen molar-refractivity contribution in [3.8, 4) is 34.6 Å². The number of hydrogen-bond donors (Lipinski definition) is 5. The molecule has 0 spiro atoms. The van der Waals surface area contributed by atoms with E-state index in [0.29, 0.717) is 75.5 Å². The van der Waals surface area contributed by atoms with Gasteiger partial charge in [-0.3, -0.25) is 10.1 Å². The number of pyridine rings is 2. The minimum Gasteiger partial charge on any atom is -0.481 e. The van der Waals surface area contributed by atoms with Crippen molar-refractivity contribution < 1.29 is 39.1 Å². The molecule has 2 aromatic carbocycles. The molecule has 50 heavy (non-hydrogen) atoms. The number of rotatable bonds is 17. The van der Waals surface area contributed by atoms with Gasteiger partial charge < -0.3 is 39.6 Å². The number of aromatic nitrogens is 2. The molecule has 5 N–H and O–H groups in total. The normalized spacial score (nSPS) is 15.4. The number of aliphatic hydroxyl groups is 2. The van der Waals surface area contributed by atoms with Gasteiger partial charge in [0, 0.05) is 36.3 Å². The maximum absolute atomic E-state index is 11.5. The summed E-state index contributed by atoms with van der Waals surface area (Å²) >= 11 is 0. The standard InChI is InChI=1S/C38H44N4O8/c1-23-27(21-49-31-13-11-25(33(41-31)47-3)19-39-37(15-16-37)35(43)44)7-5-9-29(23)30-10-6-8-28(24(30)2)22-50-32-14-12-26(34(42-32)48-4)20-40-38(17-18-38)36(45)46/h5-14,35,39-40,43-44H,15-22H2,1-4H3,(H,45,46). The monoisotopic (exact) mass is 684 g/mol. The first-order valence-corrected chi connectivity index (χ1v) is 16.7. The van der Waals surface area contributed by atoms with Gasteiger partial charge in [0.1, 0.15) is 18.8 Å². The number of carbonyl (C=O) groups is 1. The van der Waals surface area contributed by atoms with Crippen LogP contribution in [0.4, 0.5) is 0 Å². The molecule has 0 amide bonds. The number of hydrogen-bond acceptors (Lipinski definition) is 11. The van der Waals surface area contributed by atoms with E-state index in [1.165, 1.54) is 7.11 Å². The number of benzene rings is 2. The molecule has 4 aromatic rings. The van der Waals surface area contributed by atoms with E-state index >= 15 is 0 Å². The number of aliphatic carboxylic acids is 1. The Hall–Kier alpha value is -4.75. The Bertz CT molecular complexity index is 1850. The van der Waals surface area contributed by atoms with Gasteiger partial charge in [-0.05, 0) is 85.0 Å². The molecule has 0 bridgehead atoms. The summed E-state index contributed by atoms with van der Waals surface area (Å²) in [7, 11) is 3.09. The van der Waals surface area contributed by atoms with Crippen LogP contribution in [0.5, 0.6) is 23.5 Å². The fraction of sp³-hybridized carbons (Fsp3) is 0.395. The average molecular weight is 685 g/mol. The number of aliphatic hydroxyl groups excluding tert-OH is 1. The number of carboxylic acids is 1. The average Bonchev–Trinajstić information content (AvgIpc) is 4.06. The van der Waals surface area contributed by atoms with Gasteiger partial charge in [0.25, 0.3) is 0 Å². The molecule has 2 saturated carbocycles. The van der Waals surface area contributed by atoms with Crippen LogP contribution in [0.1, 0.15) is 59.1 Å². The molecule has 2 aromatic heterocycles. The number of nitrogens with one attached hydrogen (secondary N) is 2. The van der Waals surface area contributed by atoms with Gasteiger partial charge >= 0.3 is 5.97 Å². The van der Waals surface area contributed by atoms with E-state index in [0.717, 1.165) is 44.5 Å². The molecule has 12 nitrogen and oxygen atoms in total. The van der Waals surface area contributed by atoms with Crippen molar-refractivity contribution in [2.24, 2.45) is 0 Å². The summed E-state index contributed by atoms with van der Waals surface area (Å²) in [5.41, 5.74) is 6.43. The third-order valence-corrected chi connectivity index (χ3v) is 9.84. The predicted molar refractivity (Wildman–Crippen MR) is 185 cm³/mol. The summed E-state index contributed by atoms with van der Waals surface area (Å²) in [5.74, 6) is 0.813. The van der Waals surface area contributed by atoms with Crippen LogP contribution in [-0.2, 0) is 31.1 Å². The first-order valence-electron chi connectivity index (χ1n) is 16.7. The molecule has 0 saturated heterocycles. The van der Waals surface area contributed by atoms with Crippen LogP contribution in [0, 0.1) is 13.8 Å². The van der Waals surface area contributed by atoms with Crippen molar-refractivity contribution in [2.75, 3.05) is 14.2 Å². The van der Waals surface area contributed by atoms with E-state index in [2.05, 4.69) is 46.6 Å². The molecule has 0 aliphatic heterocycles. The maximum Gasteiger partial charge on any atom is 0.323 e. The van der Waals surface area contributed by atoms with E-state index in [1.807, 2.05) is 36.4 Å². The third-order valence-electron chi connectivity index (χ3n) is 9.84. The van der Waals surface area contributed by atoms with Gasteiger partial charge in [0.2, 0.25) is 23.5 Å². The quantitative estimate of drug-likeness (QED) is 0.0986. The van der Waals surface area contributed by atoms with E-state index < -0.39 is 23.3 Å². The van der Waals surface area contributed by atoms with Crippen molar-refractivity contribution in [1.82, 2.24) is 20.6 Å². The van der Waals surface area contributed by atoms with Crippen LogP contribution in [-0.4, -0.2) is 62.8 Å². The third kappa shape index (κ3) is 7.53. The molecule has 0 radical (unpaired) electrons. The van der Waals surface area contributed by atoms with Crippen LogP contribution in [0.3, 0.4) is 0 Å². The van der Waals surface area contributed by atoms with Gasteiger partial charge in [-0.15, -0.1) is 0 Å². The molecular formula is C38H44N4O8. The molecule has 2 fully saturated rings. The molecule has 264 valence electrons. The summed E-state index contributed by atoms with van der Waals surface area (Å²) in [4.78, 5) is 20.6. The smallest absolute Gasteiger partial charge is 0.323 e.